The highest BCUT2D eigenvalue weighted by molar-refractivity contribution is 6.39. The summed E-state index contributed by atoms with van der Waals surface area (Å²) in [4.78, 5) is 0. The van der Waals surface area contributed by atoms with Crippen LogP contribution in [0.25, 0.3) is 11.1 Å². The minimum Gasteiger partial charge on any atom is -0.207 e. The van der Waals surface area contributed by atoms with Crippen LogP contribution in [0.1, 0.15) is 5.56 Å². The summed E-state index contributed by atoms with van der Waals surface area (Å²) in [6, 6.07) is 9.74. The Labute approximate surface area is 114 Å². The Morgan fingerprint density at radius 2 is 1.65 bits per heavy atom. The molecule has 0 fully saturated rings. The van der Waals surface area contributed by atoms with Crippen LogP contribution in [0.5, 0.6) is 0 Å². The van der Waals surface area contributed by atoms with Crippen molar-refractivity contribution in [2.75, 3.05) is 0 Å². The molecule has 0 atom stereocenters. The van der Waals surface area contributed by atoms with Crippen LogP contribution in [-0.2, 0) is 5.88 Å². The lowest BCUT2D eigenvalue weighted by molar-refractivity contribution is 0.627. The molecule has 4 heteroatoms. The van der Waals surface area contributed by atoms with Gasteiger partial charge in [0.15, 0.2) is 0 Å². The summed E-state index contributed by atoms with van der Waals surface area (Å²) in [5.74, 6) is -0.110. The van der Waals surface area contributed by atoms with Gasteiger partial charge in [0.05, 0.1) is 0 Å². The second-order valence-corrected chi connectivity index (χ2v) is 4.66. The fourth-order valence-corrected chi connectivity index (χ4v) is 2.42. The number of halogens is 4. The predicted molar refractivity (Wildman–Crippen MR) is 71.4 cm³/mol. The van der Waals surface area contributed by atoms with Gasteiger partial charge in [-0.25, -0.2) is 4.39 Å². The maximum absolute atomic E-state index is 13.4. The number of alkyl halides is 1. The smallest absolute Gasteiger partial charge is 0.124 e. The van der Waals surface area contributed by atoms with Crippen molar-refractivity contribution in [1.29, 1.82) is 0 Å². The van der Waals surface area contributed by atoms with E-state index in [-0.39, 0.29) is 11.7 Å². The summed E-state index contributed by atoms with van der Waals surface area (Å²) in [6.07, 6.45) is 0. The summed E-state index contributed by atoms with van der Waals surface area (Å²) in [5, 5.41) is 0.979. The van der Waals surface area contributed by atoms with Crippen LogP contribution in [0.4, 0.5) is 4.39 Å². The average molecular weight is 290 g/mol. The molecule has 0 saturated heterocycles. The van der Waals surface area contributed by atoms with E-state index in [1.807, 2.05) is 0 Å². The molecular formula is C13H8Cl3F. The molecule has 0 unspecified atom stereocenters. The van der Waals surface area contributed by atoms with E-state index in [9.17, 15) is 4.39 Å². The maximum atomic E-state index is 13.4. The zero-order valence-electron chi connectivity index (χ0n) is 8.68. The zero-order chi connectivity index (χ0) is 12.4. The molecule has 0 heterocycles. The summed E-state index contributed by atoms with van der Waals surface area (Å²) < 4.78 is 13.4. The average Bonchev–Trinajstić information content (AvgIpc) is 2.28. The minimum absolute atomic E-state index is 0.243. The molecule has 17 heavy (non-hydrogen) atoms. The van der Waals surface area contributed by atoms with E-state index in [4.69, 9.17) is 34.8 Å². The van der Waals surface area contributed by atoms with Gasteiger partial charge in [-0.15, -0.1) is 11.6 Å². The van der Waals surface area contributed by atoms with E-state index in [2.05, 4.69) is 0 Å². The van der Waals surface area contributed by atoms with E-state index in [0.29, 0.717) is 26.7 Å². The second kappa shape index (κ2) is 5.26. The standard InChI is InChI=1S/C13H8Cl3F/c14-7-8-4-9(6-10(17)5-8)13-11(15)2-1-3-12(13)16/h1-6H,7H2. The number of rotatable bonds is 2. The third kappa shape index (κ3) is 2.74. The first-order valence-electron chi connectivity index (χ1n) is 4.91. The highest BCUT2D eigenvalue weighted by Crippen LogP contribution is 2.35. The Bertz CT molecular complexity index is 532. The van der Waals surface area contributed by atoms with Gasteiger partial charge in [0.2, 0.25) is 0 Å². The SMILES string of the molecule is Fc1cc(CCl)cc(-c2c(Cl)cccc2Cl)c1. The van der Waals surface area contributed by atoms with Crippen LogP contribution in [-0.4, -0.2) is 0 Å². The zero-order valence-corrected chi connectivity index (χ0v) is 11.0. The van der Waals surface area contributed by atoms with Crippen LogP contribution in [0.2, 0.25) is 10.0 Å². The quantitative estimate of drug-likeness (QED) is 0.637. The molecule has 0 saturated carbocycles. The molecule has 2 aromatic carbocycles. The van der Waals surface area contributed by atoms with Crippen LogP contribution in [0, 0.1) is 5.82 Å². The predicted octanol–water partition coefficient (Wildman–Crippen LogP) is 5.54. The number of benzene rings is 2. The fourth-order valence-electron chi connectivity index (χ4n) is 1.65. The van der Waals surface area contributed by atoms with E-state index in [0.717, 1.165) is 0 Å². The van der Waals surface area contributed by atoms with Crippen molar-refractivity contribution < 1.29 is 4.39 Å². The van der Waals surface area contributed by atoms with Gasteiger partial charge < -0.3 is 0 Å². The summed E-state index contributed by atoms with van der Waals surface area (Å²) in [5.41, 5.74) is 1.95. The monoisotopic (exact) mass is 288 g/mol. The Morgan fingerprint density at radius 3 is 2.24 bits per heavy atom. The maximum Gasteiger partial charge on any atom is 0.124 e. The van der Waals surface area contributed by atoms with Crippen molar-refractivity contribution in [3.63, 3.8) is 0 Å². The molecule has 2 rings (SSSR count). The lowest BCUT2D eigenvalue weighted by Gasteiger charge is -2.08. The third-order valence-corrected chi connectivity index (χ3v) is 3.30. The Balaban J connectivity index is 2.64. The van der Waals surface area contributed by atoms with Crippen LogP contribution in [0.15, 0.2) is 36.4 Å². The van der Waals surface area contributed by atoms with Gasteiger partial charge in [-0.2, -0.15) is 0 Å². The lowest BCUT2D eigenvalue weighted by atomic mass is 10.0. The van der Waals surface area contributed by atoms with Gasteiger partial charge in [0.25, 0.3) is 0 Å². The normalized spacial score (nSPS) is 10.6. The summed E-state index contributed by atoms with van der Waals surface area (Å²) in [7, 11) is 0. The molecule has 2 aromatic rings. The van der Waals surface area contributed by atoms with Gasteiger partial charge in [-0.1, -0.05) is 29.3 Å². The van der Waals surface area contributed by atoms with Crippen molar-refractivity contribution >= 4 is 34.8 Å². The summed E-state index contributed by atoms with van der Waals surface area (Å²) >= 11 is 17.8. The van der Waals surface area contributed by atoms with Gasteiger partial charge in [-0.3, -0.25) is 0 Å². The molecular weight excluding hydrogens is 282 g/mol. The first-order valence-corrected chi connectivity index (χ1v) is 6.20. The van der Waals surface area contributed by atoms with E-state index in [1.54, 1.807) is 24.3 Å². The molecule has 0 amide bonds. The first kappa shape index (κ1) is 12.7. The molecule has 0 aromatic heterocycles. The van der Waals surface area contributed by atoms with Crippen LogP contribution >= 0.6 is 34.8 Å². The molecule has 88 valence electrons. The van der Waals surface area contributed by atoms with Gasteiger partial charge in [0, 0.05) is 21.5 Å². The van der Waals surface area contributed by atoms with Crippen molar-refractivity contribution in [2.45, 2.75) is 5.88 Å². The Morgan fingerprint density at radius 1 is 1.00 bits per heavy atom. The minimum atomic E-state index is -0.353. The number of hydrogen-bond acceptors (Lipinski definition) is 0. The molecule has 0 aliphatic heterocycles. The van der Waals surface area contributed by atoms with Gasteiger partial charge in [-0.05, 0) is 41.5 Å². The van der Waals surface area contributed by atoms with Crippen molar-refractivity contribution in [2.24, 2.45) is 0 Å². The molecule has 0 aliphatic carbocycles. The fraction of sp³-hybridized carbons (Fsp3) is 0.0769. The first-order chi connectivity index (χ1) is 8.11. The van der Waals surface area contributed by atoms with Crippen LogP contribution < -0.4 is 0 Å². The van der Waals surface area contributed by atoms with Crippen LogP contribution in [0.3, 0.4) is 0 Å². The molecule has 0 radical (unpaired) electrons. The van der Waals surface area contributed by atoms with Crippen molar-refractivity contribution in [1.82, 2.24) is 0 Å². The molecule has 0 spiro atoms. The highest BCUT2D eigenvalue weighted by Gasteiger charge is 2.10. The third-order valence-electron chi connectivity index (χ3n) is 2.36. The highest BCUT2D eigenvalue weighted by atomic mass is 35.5. The second-order valence-electron chi connectivity index (χ2n) is 3.58. The van der Waals surface area contributed by atoms with E-state index < -0.39 is 0 Å². The summed E-state index contributed by atoms with van der Waals surface area (Å²) in [6.45, 7) is 0. The topological polar surface area (TPSA) is 0 Å². The molecule has 0 aliphatic rings. The van der Waals surface area contributed by atoms with Gasteiger partial charge >= 0.3 is 0 Å². The molecule has 0 bridgehead atoms. The van der Waals surface area contributed by atoms with E-state index in [1.165, 1.54) is 12.1 Å². The number of hydrogen-bond donors (Lipinski definition) is 0. The Kier molecular flexibility index (Phi) is 3.93. The van der Waals surface area contributed by atoms with Crippen molar-refractivity contribution in [3.05, 3.63) is 57.8 Å². The van der Waals surface area contributed by atoms with E-state index >= 15 is 0 Å². The van der Waals surface area contributed by atoms with Crippen molar-refractivity contribution in [3.8, 4) is 11.1 Å². The largest absolute Gasteiger partial charge is 0.207 e. The lowest BCUT2D eigenvalue weighted by Crippen LogP contribution is -1.87. The molecule has 0 N–H and O–H groups in total. The van der Waals surface area contributed by atoms with Gasteiger partial charge in [0.1, 0.15) is 5.82 Å². The molecule has 0 nitrogen and oxygen atoms in total. The Hall–Kier alpha value is -0.760.